The molecule has 3 aromatic carbocycles. The second-order valence-electron chi connectivity index (χ2n) is 6.51. The predicted molar refractivity (Wildman–Crippen MR) is 118 cm³/mol. The van der Waals surface area contributed by atoms with Gasteiger partial charge in [0.1, 0.15) is 20.9 Å². The topological polar surface area (TPSA) is 84.8 Å². The highest BCUT2D eigenvalue weighted by Crippen LogP contribution is 2.32. The third-order valence-corrected chi connectivity index (χ3v) is 7.58. The Bertz CT molecular complexity index is 1440. The van der Waals surface area contributed by atoms with Gasteiger partial charge in [-0.1, -0.05) is 18.2 Å². The zero-order chi connectivity index (χ0) is 20.0. The van der Waals surface area contributed by atoms with Gasteiger partial charge in [-0.25, -0.2) is 13.4 Å². The van der Waals surface area contributed by atoms with E-state index in [1.807, 2.05) is 43.3 Å². The molecule has 0 aliphatic heterocycles. The van der Waals surface area contributed by atoms with Crippen molar-refractivity contribution < 1.29 is 8.42 Å². The molecule has 0 bridgehead atoms. The number of hydrogen-bond acceptors (Lipinski definition) is 7. The minimum absolute atomic E-state index is 0.124. The molecule has 0 radical (unpaired) electrons. The average Bonchev–Trinajstić information content (AvgIpc) is 3.35. The number of aromatic nitrogens is 3. The third-order valence-electron chi connectivity index (χ3n) is 4.55. The summed E-state index contributed by atoms with van der Waals surface area (Å²) in [5, 5.41) is 0.905. The van der Waals surface area contributed by atoms with Gasteiger partial charge in [0.25, 0.3) is 10.0 Å². The summed E-state index contributed by atoms with van der Waals surface area (Å²) in [7, 11) is -3.79. The number of fused-ring (bicyclic) bond motifs is 2. The summed E-state index contributed by atoms with van der Waals surface area (Å²) in [5.74, 6) is 0. The monoisotopic (exact) mass is 438 g/mol. The molecule has 6 nitrogen and oxygen atoms in total. The number of nitrogens with one attached hydrogen (secondary N) is 1. The zero-order valence-corrected chi connectivity index (χ0v) is 17.6. The van der Waals surface area contributed by atoms with Gasteiger partial charge < -0.3 is 0 Å². The highest BCUT2D eigenvalue weighted by Gasteiger charge is 2.20. The third kappa shape index (κ3) is 3.27. The van der Waals surface area contributed by atoms with Crippen LogP contribution in [0.1, 0.15) is 5.56 Å². The van der Waals surface area contributed by atoms with E-state index in [0.29, 0.717) is 16.7 Å². The van der Waals surface area contributed by atoms with Gasteiger partial charge in [-0.05, 0) is 55.0 Å². The van der Waals surface area contributed by atoms with E-state index < -0.39 is 10.0 Å². The predicted octanol–water partition coefficient (Wildman–Crippen LogP) is 5.08. The lowest BCUT2D eigenvalue weighted by molar-refractivity contribution is 0.602. The van der Waals surface area contributed by atoms with Crippen LogP contribution in [0.2, 0.25) is 0 Å². The van der Waals surface area contributed by atoms with Crippen LogP contribution in [0.3, 0.4) is 0 Å². The first-order valence-electron chi connectivity index (χ1n) is 8.72. The molecule has 0 aliphatic rings. The van der Waals surface area contributed by atoms with E-state index in [1.165, 1.54) is 6.07 Å². The van der Waals surface area contributed by atoms with Crippen molar-refractivity contribution in [1.29, 1.82) is 0 Å². The maximum absolute atomic E-state index is 13.0. The molecule has 5 rings (SSSR count). The van der Waals surface area contributed by atoms with E-state index in [9.17, 15) is 8.42 Å². The Balaban J connectivity index is 1.50. The van der Waals surface area contributed by atoms with Crippen LogP contribution in [0, 0.1) is 6.92 Å². The van der Waals surface area contributed by atoms with Crippen molar-refractivity contribution in [3.05, 3.63) is 66.2 Å². The molecule has 0 saturated carbocycles. The van der Waals surface area contributed by atoms with Gasteiger partial charge >= 0.3 is 0 Å². The standard InChI is InChI=1S/C20H14N4O2S3/c1-12-11-13(20-21-15-5-2-3-7-17(15)27-20)9-10-14(12)24-29(25,26)18-8-4-6-16-19(18)23-28-22-16/h2-11,24H,1H3. The summed E-state index contributed by atoms with van der Waals surface area (Å²) < 4.78 is 38.0. The highest BCUT2D eigenvalue weighted by molar-refractivity contribution is 7.93. The van der Waals surface area contributed by atoms with Crippen LogP contribution < -0.4 is 4.72 Å². The molecular formula is C20H14N4O2S3. The number of para-hydroxylation sites is 1. The Morgan fingerprint density at radius 2 is 1.76 bits per heavy atom. The number of hydrogen-bond donors (Lipinski definition) is 1. The van der Waals surface area contributed by atoms with Gasteiger partial charge in [0.05, 0.1) is 27.6 Å². The summed E-state index contributed by atoms with van der Waals surface area (Å²) in [6.45, 7) is 1.87. The van der Waals surface area contributed by atoms with E-state index in [1.54, 1.807) is 29.5 Å². The number of rotatable bonds is 4. The second-order valence-corrected chi connectivity index (χ2v) is 9.72. The van der Waals surface area contributed by atoms with Crippen molar-refractivity contribution >= 4 is 60.0 Å². The van der Waals surface area contributed by atoms with E-state index in [2.05, 4.69) is 18.5 Å². The number of nitrogens with zero attached hydrogens (tertiary/aromatic N) is 3. The van der Waals surface area contributed by atoms with Gasteiger partial charge in [-0.3, -0.25) is 4.72 Å². The van der Waals surface area contributed by atoms with Crippen molar-refractivity contribution in [2.75, 3.05) is 4.72 Å². The van der Waals surface area contributed by atoms with Gasteiger partial charge in [0.2, 0.25) is 0 Å². The summed E-state index contributed by atoms with van der Waals surface area (Å²) in [5.41, 5.74) is 4.20. The normalized spacial score (nSPS) is 11.9. The summed E-state index contributed by atoms with van der Waals surface area (Å²) in [6, 6.07) is 18.5. The first kappa shape index (κ1) is 18.2. The fraction of sp³-hybridized carbons (Fsp3) is 0.0500. The maximum atomic E-state index is 13.0. The van der Waals surface area contributed by atoms with Gasteiger partial charge in [-0.2, -0.15) is 8.75 Å². The molecule has 0 aliphatic carbocycles. The lowest BCUT2D eigenvalue weighted by atomic mass is 10.1. The number of anilines is 1. The van der Waals surface area contributed by atoms with Crippen LogP contribution in [0.5, 0.6) is 0 Å². The fourth-order valence-corrected chi connectivity index (χ4v) is 5.97. The molecule has 0 unspecified atom stereocenters. The van der Waals surface area contributed by atoms with Crippen LogP contribution in [-0.2, 0) is 10.0 Å². The van der Waals surface area contributed by atoms with Crippen molar-refractivity contribution in [2.45, 2.75) is 11.8 Å². The van der Waals surface area contributed by atoms with Crippen molar-refractivity contribution in [1.82, 2.24) is 13.7 Å². The summed E-state index contributed by atoms with van der Waals surface area (Å²) >= 11 is 2.61. The zero-order valence-electron chi connectivity index (χ0n) is 15.2. The molecule has 144 valence electrons. The van der Waals surface area contributed by atoms with Crippen LogP contribution in [-0.4, -0.2) is 22.1 Å². The number of aryl methyl sites for hydroxylation is 1. The van der Waals surface area contributed by atoms with E-state index in [-0.39, 0.29) is 4.90 Å². The molecule has 0 atom stereocenters. The van der Waals surface area contributed by atoms with Crippen molar-refractivity contribution in [2.24, 2.45) is 0 Å². The molecular weight excluding hydrogens is 424 g/mol. The smallest absolute Gasteiger partial charge is 0.264 e. The second kappa shape index (κ2) is 6.87. The van der Waals surface area contributed by atoms with Crippen molar-refractivity contribution in [3.63, 3.8) is 0 Å². The first-order valence-corrected chi connectivity index (χ1v) is 11.7. The Morgan fingerprint density at radius 3 is 2.59 bits per heavy atom. The maximum Gasteiger partial charge on any atom is 0.264 e. The number of sulfonamides is 1. The molecule has 1 N–H and O–H groups in total. The van der Waals surface area contributed by atoms with Crippen LogP contribution in [0.4, 0.5) is 5.69 Å². The minimum atomic E-state index is -3.79. The Hall–Kier alpha value is -2.88. The average molecular weight is 439 g/mol. The molecule has 0 fully saturated rings. The quantitative estimate of drug-likeness (QED) is 0.423. The summed E-state index contributed by atoms with van der Waals surface area (Å²) in [4.78, 5) is 4.79. The number of thiazole rings is 1. The van der Waals surface area contributed by atoms with Crippen LogP contribution in [0.25, 0.3) is 31.8 Å². The molecule has 0 saturated heterocycles. The van der Waals surface area contributed by atoms with Crippen LogP contribution >= 0.6 is 23.1 Å². The highest BCUT2D eigenvalue weighted by atomic mass is 32.2. The molecule has 2 heterocycles. The molecule has 0 amide bonds. The Kier molecular flexibility index (Phi) is 4.30. The van der Waals surface area contributed by atoms with Gasteiger partial charge in [0.15, 0.2) is 0 Å². The molecule has 9 heteroatoms. The minimum Gasteiger partial charge on any atom is -0.279 e. The van der Waals surface area contributed by atoms with Crippen molar-refractivity contribution in [3.8, 4) is 10.6 Å². The SMILES string of the molecule is Cc1cc(-c2nc3ccccc3s2)ccc1NS(=O)(=O)c1cccc2nsnc12. The lowest BCUT2D eigenvalue weighted by Crippen LogP contribution is -2.14. The Labute approximate surface area is 175 Å². The fourth-order valence-electron chi connectivity index (χ4n) is 3.10. The molecule has 0 spiro atoms. The summed E-state index contributed by atoms with van der Waals surface area (Å²) in [6.07, 6.45) is 0. The largest absolute Gasteiger partial charge is 0.279 e. The van der Waals surface area contributed by atoms with Gasteiger partial charge in [-0.15, -0.1) is 11.3 Å². The van der Waals surface area contributed by atoms with E-state index >= 15 is 0 Å². The molecule has 5 aromatic rings. The lowest BCUT2D eigenvalue weighted by Gasteiger charge is -2.11. The van der Waals surface area contributed by atoms with E-state index in [0.717, 1.165) is 38.1 Å². The number of benzene rings is 3. The molecule has 29 heavy (non-hydrogen) atoms. The van der Waals surface area contributed by atoms with Gasteiger partial charge in [0, 0.05) is 5.56 Å². The first-order chi connectivity index (χ1) is 14.0. The van der Waals surface area contributed by atoms with E-state index in [4.69, 9.17) is 0 Å². The van der Waals surface area contributed by atoms with Crippen LogP contribution in [0.15, 0.2) is 65.6 Å². The molecule has 2 aromatic heterocycles. The Morgan fingerprint density at radius 1 is 0.931 bits per heavy atom.